The van der Waals surface area contributed by atoms with Gasteiger partial charge in [0, 0.05) is 5.69 Å². The van der Waals surface area contributed by atoms with Gasteiger partial charge in [-0.25, -0.2) is 0 Å². The highest BCUT2D eigenvalue weighted by Gasteiger charge is 2.25. The summed E-state index contributed by atoms with van der Waals surface area (Å²) in [5.41, 5.74) is 0.351. The van der Waals surface area contributed by atoms with Gasteiger partial charge in [-0.05, 0) is 18.2 Å². The molecule has 0 radical (unpaired) electrons. The van der Waals surface area contributed by atoms with E-state index < -0.39 is 29.2 Å². The van der Waals surface area contributed by atoms with E-state index in [0.717, 1.165) is 17.0 Å². The number of hydrogen-bond donors (Lipinski definition) is 1. The number of aliphatic carboxylic acids is 1. The fraction of sp³-hybridized carbons (Fsp3) is 0.0769. The molecule has 1 amide bonds. The third-order valence-electron chi connectivity index (χ3n) is 2.59. The van der Waals surface area contributed by atoms with E-state index in [1.807, 2.05) is 0 Å². The zero-order valence-electron chi connectivity index (χ0n) is 10.6. The van der Waals surface area contributed by atoms with E-state index >= 15 is 0 Å². The maximum Gasteiger partial charge on any atom is 0.433 e. The van der Waals surface area contributed by atoms with Crippen molar-refractivity contribution in [1.82, 2.24) is 0 Å². The number of carbonyl (C=O) groups is 2. The van der Waals surface area contributed by atoms with E-state index in [1.165, 1.54) is 0 Å². The third kappa shape index (κ3) is 3.24. The van der Waals surface area contributed by atoms with Gasteiger partial charge in [-0.15, -0.1) is 0 Å². The lowest BCUT2D eigenvalue weighted by Crippen LogP contribution is -2.35. The van der Waals surface area contributed by atoms with Crippen LogP contribution in [0.15, 0.2) is 46.9 Å². The lowest BCUT2D eigenvalue weighted by Gasteiger charge is -2.19. The van der Waals surface area contributed by atoms with Crippen LogP contribution in [0.5, 0.6) is 0 Å². The SMILES string of the molecule is O=C(O)CN(C(=O)c1ccc([N+](=O)[O-])o1)c1ccccc1. The summed E-state index contributed by atoms with van der Waals surface area (Å²) >= 11 is 0. The van der Waals surface area contributed by atoms with Crippen molar-refractivity contribution in [2.24, 2.45) is 0 Å². The van der Waals surface area contributed by atoms with Crippen molar-refractivity contribution < 1.29 is 24.0 Å². The molecule has 21 heavy (non-hydrogen) atoms. The Balaban J connectivity index is 2.33. The second-order valence-electron chi connectivity index (χ2n) is 4.02. The van der Waals surface area contributed by atoms with Crippen LogP contribution in [0.1, 0.15) is 10.6 Å². The number of carboxylic acid groups (broad SMARTS) is 1. The molecule has 8 nitrogen and oxygen atoms in total. The van der Waals surface area contributed by atoms with E-state index in [9.17, 15) is 19.7 Å². The summed E-state index contributed by atoms with van der Waals surface area (Å²) in [7, 11) is 0. The quantitative estimate of drug-likeness (QED) is 0.664. The van der Waals surface area contributed by atoms with Crippen LogP contribution < -0.4 is 4.90 Å². The molecular formula is C13H10N2O6. The molecule has 0 aliphatic carbocycles. The average molecular weight is 290 g/mol. The molecule has 8 heteroatoms. The molecule has 108 valence electrons. The average Bonchev–Trinajstić information content (AvgIpc) is 2.95. The number of nitrogens with zero attached hydrogens (tertiary/aromatic N) is 2. The molecule has 0 fully saturated rings. The maximum atomic E-state index is 12.3. The van der Waals surface area contributed by atoms with Gasteiger partial charge in [0.2, 0.25) is 0 Å². The van der Waals surface area contributed by atoms with Crippen molar-refractivity contribution in [1.29, 1.82) is 0 Å². The summed E-state index contributed by atoms with van der Waals surface area (Å²) in [6, 6.07) is 10.3. The second kappa shape index (κ2) is 5.87. The number of para-hydroxylation sites is 1. The third-order valence-corrected chi connectivity index (χ3v) is 2.59. The molecule has 0 unspecified atom stereocenters. The Kier molecular flexibility index (Phi) is 3.98. The number of carbonyl (C=O) groups excluding carboxylic acids is 1. The van der Waals surface area contributed by atoms with Crippen LogP contribution in [0.4, 0.5) is 11.6 Å². The van der Waals surface area contributed by atoms with Crippen LogP contribution in [-0.4, -0.2) is 28.5 Å². The second-order valence-corrected chi connectivity index (χ2v) is 4.02. The number of nitro groups is 1. The highest BCUT2D eigenvalue weighted by Crippen LogP contribution is 2.21. The molecule has 2 rings (SSSR count). The number of benzene rings is 1. The number of hydrogen-bond acceptors (Lipinski definition) is 5. The largest absolute Gasteiger partial charge is 0.480 e. The molecule has 2 aromatic rings. The Bertz CT molecular complexity index is 679. The van der Waals surface area contributed by atoms with Crippen LogP contribution in [0.3, 0.4) is 0 Å². The van der Waals surface area contributed by atoms with Gasteiger partial charge in [0.25, 0.3) is 5.91 Å². The van der Waals surface area contributed by atoms with Crippen LogP contribution in [0, 0.1) is 10.1 Å². The van der Waals surface area contributed by atoms with Crippen LogP contribution in [0.2, 0.25) is 0 Å². The molecule has 0 bridgehead atoms. The molecule has 0 aliphatic heterocycles. The van der Waals surface area contributed by atoms with Crippen LogP contribution in [-0.2, 0) is 4.79 Å². The molecule has 0 spiro atoms. The molecule has 0 saturated heterocycles. The zero-order valence-corrected chi connectivity index (χ0v) is 10.6. The first-order valence-corrected chi connectivity index (χ1v) is 5.82. The van der Waals surface area contributed by atoms with E-state index in [4.69, 9.17) is 9.52 Å². The highest BCUT2D eigenvalue weighted by atomic mass is 16.6. The minimum atomic E-state index is -1.21. The van der Waals surface area contributed by atoms with Gasteiger partial charge in [0.15, 0.2) is 5.76 Å². The first kappa shape index (κ1) is 14.3. The summed E-state index contributed by atoms with van der Waals surface area (Å²) in [5, 5.41) is 19.4. The minimum Gasteiger partial charge on any atom is -0.480 e. The normalized spacial score (nSPS) is 10.1. The molecule has 0 atom stereocenters. The highest BCUT2D eigenvalue weighted by molar-refractivity contribution is 6.06. The smallest absolute Gasteiger partial charge is 0.433 e. The van der Waals surface area contributed by atoms with Crippen molar-refractivity contribution in [3.63, 3.8) is 0 Å². The molecule has 0 aliphatic rings. The standard InChI is InChI=1S/C13H10N2O6/c16-12(17)8-14(9-4-2-1-3-5-9)13(18)10-6-7-11(21-10)15(19)20/h1-7H,8H2,(H,16,17). The fourth-order valence-electron chi connectivity index (χ4n) is 1.70. The zero-order chi connectivity index (χ0) is 15.4. The summed E-state index contributed by atoms with van der Waals surface area (Å²) in [5.74, 6) is -2.86. The van der Waals surface area contributed by atoms with Gasteiger partial charge in [-0.1, -0.05) is 18.2 Å². The van der Waals surface area contributed by atoms with Crippen LogP contribution in [0.25, 0.3) is 0 Å². The summed E-state index contributed by atoms with van der Waals surface area (Å²) in [6.07, 6.45) is 0. The van der Waals surface area contributed by atoms with Crippen molar-refractivity contribution in [2.75, 3.05) is 11.4 Å². The van der Waals surface area contributed by atoms with E-state index in [2.05, 4.69) is 0 Å². The minimum absolute atomic E-state index is 0.299. The predicted molar refractivity (Wildman–Crippen MR) is 71.1 cm³/mol. The number of anilines is 1. The van der Waals surface area contributed by atoms with Crippen molar-refractivity contribution in [3.05, 3.63) is 58.3 Å². The number of amides is 1. The fourth-order valence-corrected chi connectivity index (χ4v) is 1.70. The van der Waals surface area contributed by atoms with Crippen molar-refractivity contribution >= 4 is 23.4 Å². The number of rotatable bonds is 5. The van der Waals surface area contributed by atoms with Crippen LogP contribution >= 0.6 is 0 Å². The Labute approximate surface area is 118 Å². The Morgan fingerprint density at radius 2 is 1.86 bits per heavy atom. The molecular weight excluding hydrogens is 280 g/mol. The first-order chi connectivity index (χ1) is 9.99. The Morgan fingerprint density at radius 3 is 2.38 bits per heavy atom. The first-order valence-electron chi connectivity index (χ1n) is 5.82. The molecule has 1 N–H and O–H groups in total. The maximum absolute atomic E-state index is 12.3. The molecule has 1 aromatic carbocycles. The lowest BCUT2D eigenvalue weighted by atomic mass is 10.2. The summed E-state index contributed by atoms with van der Waals surface area (Å²) in [4.78, 5) is 33.9. The van der Waals surface area contributed by atoms with Gasteiger partial charge in [0.05, 0.1) is 6.07 Å². The molecule has 1 heterocycles. The summed E-state index contributed by atoms with van der Waals surface area (Å²) in [6.45, 7) is -0.586. The Morgan fingerprint density at radius 1 is 1.19 bits per heavy atom. The van der Waals surface area contributed by atoms with Gasteiger partial charge < -0.3 is 9.52 Å². The molecule has 1 aromatic heterocycles. The van der Waals surface area contributed by atoms with Gasteiger partial charge in [-0.2, -0.15) is 0 Å². The van der Waals surface area contributed by atoms with Crippen molar-refractivity contribution in [2.45, 2.75) is 0 Å². The number of furan rings is 1. The Hall–Kier alpha value is -3.16. The lowest BCUT2D eigenvalue weighted by molar-refractivity contribution is -0.402. The van der Waals surface area contributed by atoms with Gasteiger partial charge in [0.1, 0.15) is 11.5 Å². The van der Waals surface area contributed by atoms with Gasteiger partial charge in [-0.3, -0.25) is 24.6 Å². The van der Waals surface area contributed by atoms with E-state index in [0.29, 0.717) is 5.69 Å². The predicted octanol–water partition coefficient (Wildman–Crippen LogP) is 1.92. The van der Waals surface area contributed by atoms with E-state index in [1.54, 1.807) is 30.3 Å². The van der Waals surface area contributed by atoms with E-state index in [-0.39, 0.29) is 5.76 Å². The van der Waals surface area contributed by atoms with Gasteiger partial charge >= 0.3 is 11.9 Å². The summed E-state index contributed by atoms with van der Waals surface area (Å²) < 4.78 is 4.81. The number of carboxylic acids is 1. The van der Waals surface area contributed by atoms with Crippen molar-refractivity contribution in [3.8, 4) is 0 Å². The monoisotopic (exact) mass is 290 g/mol. The molecule has 0 saturated carbocycles. The topological polar surface area (TPSA) is 114 Å².